The van der Waals surface area contributed by atoms with Crippen LogP contribution < -0.4 is 0 Å². The smallest absolute Gasteiger partial charge is 0.171 e. The summed E-state index contributed by atoms with van der Waals surface area (Å²) in [5.41, 5.74) is 0.00659. The van der Waals surface area contributed by atoms with Gasteiger partial charge >= 0.3 is 0 Å². The highest BCUT2D eigenvalue weighted by molar-refractivity contribution is 6.48. The van der Waals surface area contributed by atoms with Gasteiger partial charge in [-0.1, -0.05) is 19.8 Å². The lowest BCUT2D eigenvalue weighted by Gasteiger charge is -2.48. The summed E-state index contributed by atoms with van der Waals surface area (Å²) in [7, 11) is -1.03. The van der Waals surface area contributed by atoms with E-state index in [0.29, 0.717) is 11.7 Å². The Kier molecular flexibility index (Phi) is 3.55. The van der Waals surface area contributed by atoms with Crippen LogP contribution in [0.2, 0.25) is 13.1 Å². The van der Waals surface area contributed by atoms with Crippen molar-refractivity contribution in [1.82, 2.24) is 0 Å². The van der Waals surface area contributed by atoms with Crippen molar-refractivity contribution in [2.75, 3.05) is 0 Å². The average Bonchev–Trinajstić information content (AvgIpc) is 2.47. The number of rotatable bonds is 5. The van der Waals surface area contributed by atoms with Gasteiger partial charge in [-0.15, -0.1) is 0 Å². The fourth-order valence-electron chi connectivity index (χ4n) is 3.60. The van der Waals surface area contributed by atoms with E-state index in [1.54, 1.807) is 0 Å². The van der Waals surface area contributed by atoms with E-state index in [4.69, 9.17) is 4.43 Å². The summed E-state index contributed by atoms with van der Waals surface area (Å²) in [6.45, 7) is 6.69. The number of carbonyl (C=O) groups is 1. The predicted octanol–water partition coefficient (Wildman–Crippen LogP) is 2.91. The van der Waals surface area contributed by atoms with Gasteiger partial charge in [-0.3, -0.25) is 4.79 Å². The number of unbranched alkanes of at least 4 members (excludes halogenated alkanes) is 1. The molecule has 3 heteroatoms. The topological polar surface area (TPSA) is 26.3 Å². The first-order valence-corrected chi connectivity index (χ1v) is 9.58. The Hall–Kier alpha value is -0.153. The molecule has 2 rings (SSSR count). The quantitative estimate of drug-likeness (QED) is 0.691. The molecule has 16 heavy (non-hydrogen) atoms. The second-order valence-electron chi connectivity index (χ2n) is 5.73. The van der Waals surface area contributed by atoms with Crippen molar-refractivity contribution in [1.29, 1.82) is 0 Å². The van der Waals surface area contributed by atoms with Gasteiger partial charge in [0.15, 0.2) is 9.04 Å². The Bertz CT molecular complexity index is 277. The minimum atomic E-state index is -1.03. The molecule has 0 amide bonds. The minimum Gasteiger partial charge on any atom is -0.414 e. The molecule has 0 heterocycles. The maximum Gasteiger partial charge on any atom is 0.171 e. The highest BCUT2D eigenvalue weighted by Gasteiger charge is 2.61. The summed E-state index contributed by atoms with van der Waals surface area (Å²) in [4.78, 5) is 11.7. The molecule has 0 saturated heterocycles. The molecule has 3 atom stereocenters. The van der Waals surface area contributed by atoms with Crippen molar-refractivity contribution in [3.8, 4) is 0 Å². The Balaban J connectivity index is 2.06. The van der Waals surface area contributed by atoms with Crippen molar-refractivity contribution >= 4 is 14.8 Å². The van der Waals surface area contributed by atoms with E-state index in [-0.39, 0.29) is 11.5 Å². The van der Waals surface area contributed by atoms with Crippen molar-refractivity contribution in [3.63, 3.8) is 0 Å². The summed E-state index contributed by atoms with van der Waals surface area (Å²) in [6, 6.07) is 0. The zero-order chi connectivity index (χ0) is 11.8. The van der Waals surface area contributed by atoms with Crippen LogP contribution in [0.5, 0.6) is 0 Å². The number of carbonyl (C=O) groups excluding carboxylic acids is 1. The number of ketones is 1. The third-order valence-electron chi connectivity index (χ3n) is 4.29. The molecule has 0 aliphatic heterocycles. The highest BCUT2D eigenvalue weighted by atomic mass is 28.3. The van der Waals surface area contributed by atoms with E-state index in [1.807, 2.05) is 0 Å². The molecule has 2 saturated carbocycles. The van der Waals surface area contributed by atoms with Gasteiger partial charge in [-0.25, -0.2) is 0 Å². The number of hydrogen-bond acceptors (Lipinski definition) is 2. The minimum absolute atomic E-state index is 0.00659. The third-order valence-corrected chi connectivity index (χ3v) is 5.20. The number of fused-ring (bicyclic) bond motifs is 1. The first kappa shape index (κ1) is 12.3. The van der Waals surface area contributed by atoms with Crippen LogP contribution in [0, 0.1) is 11.8 Å². The Morgan fingerprint density at radius 3 is 2.75 bits per heavy atom. The maximum absolute atomic E-state index is 11.7. The molecule has 0 radical (unpaired) electrons. The van der Waals surface area contributed by atoms with E-state index in [0.717, 1.165) is 12.8 Å². The van der Waals surface area contributed by atoms with Crippen LogP contribution in [0.1, 0.15) is 45.4 Å². The maximum atomic E-state index is 11.7. The summed E-state index contributed by atoms with van der Waals surface area (Å²) >= 11 is 0. The van der Waals surface area contributed by atoms with Crippen molar-refractivity contribution in [2.24, 2.45) is 11.8 Å². The lowest BCUT2D eigenvalue weighted by molar-refractivity contribution is -0.154. The average molecular weight is 240 g/mol. The molecular formula is C13H24O2Si. The van der Waals surface area contributed by atoms with Crippen LogP contribution in [-0.2, 0) is 9.22 Å². The molecule has 0 bridgehead atoms. The van der Waals surface area contributed by atoms with Crippen molar-refractivity contribution < 1.29 is 9.22 Å². The molecule has 2 aliphatic rings. The number of Topliss-reactive ketones (excluding diaryl/α,β-unsaturated/α-hetero) is 1. The van der Waals surface area contributed by atoms with Gasteiger partial charge in [0.1, 0.15) is 5.78 Å². The molecule has 2 aliphatic carbocycles. The SMILES string of the molecule is CCCCC1CCC2C(=O)CC12O[SiH](C)C. The monoisotopic (exact) mass is 240 g/mol. The molecule has 0 aromatic carbocycles. The first-order valence-electron chi connectivity index (χ1n) is 6.80. The van der Waals surface area contributed by atoms with Gasteiger partial charge in [-0.2, -0.15) is 0 Å². The Morgan fingerprint density at radius 1 is 1.44 bits per heavy atom. The van der Waals surface area contributed by atoms with Crippen LogP contribution in [-0.4, -0.2) is 20.4 Å². The summed E-state index contributed by atoms with van der Waals surface area (Å²) in [5.74, 6) is 1.41. The fraction of sp³-hybridized carbons (Fsp3) is 0.923. The van der Waals surface area contributed by atoms with E-state index >= 15 is 0 Å². The summed E-state index contributed by atoms with van der Waals surface area (Å²) in [6.07, 6.45) is 6.84. The largest absolute Gasteiger partial charge is 0.414 e. The van der Waals surface area contributed by atoms with Crippen LogP contribution in [0.25, 0.3) is 0 Å². The fourth-order valence-corrected chi connectivity index (χ4v) is 4.92. The van der Waals surface area contributed by atoms with Crippen LogP contribution in [0.3, 0.4) is 0 Å². The van der Waals surface area contributed by atoms with Crippen molar-refractivity contribution in [2.45, 2.75) is 64.1 Å². The zero-order valence-corrected chi connectivity index (χ0v) is 11.9. The predicted molar refractivity (Wildman–Crippen MR) is 68.1 cm³/mol. The van der Waals surface area contributed by atoms with Crippen LogP contribution >= 0.6 is 0 Å². The highest BCUT2D eigenvalue weighted by Crippen LogP contribution is 2.55. The molecule has 2 nitrogen and oxygen atoms in total. The van der Waals surface area contributed by atoms with E-state index in [2.05, 4.69) is 20.0 Å². The lowest BCUT2D eigenvalue weighted by atomic mass is 9.66. The van der Waals surface area contributed by atoms with Gasteiger partial charge in [0.05, 0.1) is 5.60 Å². The molecule has 0 N–H and O–H groups in total. The Morgan fingerprint density at radius 2 is 2.19 bits per heavy atom. The van der Waals surface area contributed by atoms with Crippen LogP contribution in [0.15, 0.2) is 0 Å². The van der Waals surface area contributed by atoms with E-state index < -0.39 is 9.04 Å². The molecule has 0 aromatic heterocycles. The molecule has 0 spiro atoms. The van der Waals surface area contributed by atoms with Gasteiger partial charge in [0.25, 0.3) is 0 Å². The molecule has 3 unspecified atom stereocenters. The molecule has 2 fully saturated rings. The Labute approximate surface area is 100 Å². The van der Waals surface area contributed by atoms with Gasteiger partial charge in [0, 0.05) is 12.3 Å². The normalized spacial score (nSPS) is 37.6. The van der Waals surface area contributed by atoms with Gasteiger partial charge in [0.2, 0.25) is 0 Å². The molecule has 92 valence electrons. The second-order valence-corrected chi connectivity index (χ2v) is 8.07. The standard InChI is InChI=1S/C13H24O2Si/c1-4-5-6-10-7-8-11-12(14)9-13(10,11)15-16(2)3/h10-11,16H,4-9H2,1-3H3. The second kappa shape index (κ2) is 4.61. The lowest BCUT2D eigenvalue weighted by Crippen LogP contribution is -2.58. The third kappa shape index (κ3) is 1.88. The number of hydrogen-bond donors (Lipinski definition) is 0. The van der Waals surface area contributed by atoms with Gasteiger partial charge in [-0.05, 0) is 38.3 Å². The van der Waals surface area contributed by atoms with Gasteiger partial charge < -0.3 is 4.43 Å². The zero-order valence-electron chi connectivity index (χ0n) is 10.8. The molecule has 0 aromatic rings. The van der Waals surface area contributed by atoms with Crippen LogP contribution in [0.4, 0.5) is 0 Å². The molecular weight excluding hydrogens is 216 g/mol. The first-order chi connectivity index (χ1) is 7.60. The summed E-state index contributed by atoms with van der Waals surface area (Å²) < 4.78 is 6.30. The summed E-state index contributed by atoms with van der Waals surface area (Å²) in [5, 5.41) is 0. The van der Waals surface area contributed by atoms with E-state index in [1.165, 1.54) is 25.7 Å². The van der Waals surface area contributed by atoms with E-state index in [9.17, 15) is 4.79 Å². The van der Waals surface area contributed by atoms with Crippen molar-refractivity contribution in [3.05, 3.63) is 0 Å².